The first-order valence-corrected chi connectivity index (χ1v) is 10.5. The van der Waals surface area contributed by atoms with Crippen molar-refractivity contribution in [2.45, 2.75) is 11.9 Å². The third kappa shape index (κ3) is 4.52. The van der Waals surface area contributed by atoms with E-state index in [9.17, 15) is 4.79 Å². The number of benzene rings is 2. The van der Waals surface area contributed by atoms with E-state index in [1.165, 1.54) is 18.1 Å². The number of anilines is 1. The normalized spacial score (nSPS) is 10.9. The lowest BCUT2D eigenvalue weighted by molar-refractivity contribution is -0.113. The van der Waals surface area contributed by atoms with Crippen molar-refractivity contribution >= 4 is 46.1 Å². The summed E-state index contributed by atoms with van der Waals surface area (Å²) in [5.74, 6) is 0.776. The molecule has 30 heavy (non-hydrogen) atoms. The van der Waals surface area contributed by atoms with Crippen molar-refractivity contribution in [2.75, 3.05) is 17.7 Å². The van der Waals surface area contributed by atoms with Crippen LogP contribution in [0.15, 0.2) is 59.9 Å². The number of halogens is 1. The average Bonchev–Trinajstić information content (AvgIpc) is 3.19. The third-order valence-corrected chi connectivity index (χ3v) is 5.26. The lowest BCUT2D eigenvalue weighted by Crippen LogP contribution is -2.14. The fourth-order valence-electron chi connectivity index (χ4n) is 2.75. The molecule has 0 saturated heterocycles. The van der Waals surface area contributed by atoms with Gasteiger partial charge in [0.25, 0.3) is 0 Å². The van der Waals surface area contributed by atoms with Gasteiger partial charge in [-0.1, -0.05) is 34.6 Å². The summed E-state index contributed by atoms with van der Waals surface area (Å²) in [6.45, 7) is 2.52. The van der Waals surface area contributed by atoms with Gasteiger partial charge in [-0.2, -0.15) is 4.68 Å². The Kier molecular flexibility index (Phi) is 6.10. The van der Waals surface area contributed by atoms with Crippen molar-refractivity contribution in [1.29, 1.82) is 0 Å². The number of aromatic nitrogens is 5. The topological polar surface area (TPSA) is 94.8 Å². The Labute approximate surface area is 181 Å². The van der Waals surface area contributed by atoms with Gasteiger partial charge in [0.15, 0.2) is 11.2 Å². The van der Waals surface area contributed by atoms with Crippen LogP contribution in [-0.2, 0) is 4.79 Å². The van der Waals surface area contributed by atoms with Gasteiger partial charge >= 0.3 is 0 Å². The van der Waals surface area contributed by atoms with E-state index in [1.807, 2.05) is 31.2 Å². The molecule has 2 heterocycles. The van der Waals surface area contributed by atoms with Gasteiger partial charge in [0.1, 0.15) is 17.1 Å². The predicted octanol–water partition coefficient (Wildman–Crippen LogP) is 3.99. The Morgan fingerprint density at radius 2 is 2.03 bits per heavy atom. The molecule has 2 aromatic carbocycles. The number of hydrogen-bond donors (Lipinski definition) is 1. The number of hydrogen-bond acceptors (Lipinski definition) is 7. The molecule has 10 heteroatoms. The van der Waals surface area contributed by atoms with Crippen LogP contribution in [0.5, 0.6) is 5.75 Å². The number of rotatable bonds is 7. The lowest BCUT2D eigenvalue weighted by Gasteiger charge is -2.07. The molecule has 0 aliphatic heterocycles. The van der Waals surface area contributed by atoms with Gasteiger partial charge in [-0.05, 0) is 49.4 Å². The molecule has 0 atom stereocenters. The van der Waals surface area contributed by atoms with Crippen molar-refractivity contribution in [3.05, 3.63) is 59.9 Å². The van der Waals surface area contributed by atoms with Crippen LogP contribution in [0.1, 0.15) is 6.92 Å². The standard InChI is InChI=1S/C20H17ClN6O2S/c1-2-29-16-8-6-14(7-9-16)24-17(28)11-30-20-18-19(22-12-23-20)27(26-25-18)15-5-3-4-13(21)10-15/h3-10,12H,2,11H2,1H3,(H,24,28). The summed E-state index contributed by atoms with van der Waals surface area (Å²) >= 11 is 7.34. The molecule has 0 aliphatic carbocycles. The highest BCUT2D eigenvalue weighted by Gasteiger charge is 2.15. The Bertz CT molecular complexity index is 1180. The molecular weight excluding hydrogens is 424 g/mol. The van der Waals surface area contributed by atoms with E-state index < -0.39 is 0 Å². The maximum absolute atomic E-state index is 12.3. The molecule has 0 aliphatic rings. The van der Waals surface area contributed by atoms with E-state index in [-0.39, 0.29) is 11.7 Å². The van der Waals surface area contributed by atoms with E-state index in [4.69, 9.17) is 16.3 Å². The van der Waals surface area contributed by atoms with Gasteiger partial charge in [-0.25, -0.2) is 9.97 Å². The minimum absolute atomic E-state index is 0.154. The Morgan fingerprint density at radius 1 is 1.20 bits per heavy atom. The number of thioether (sulfide) groups is 1. The molecule has 4 aromatic rings. The second kappa shape index (κ2) is 9.10. The number of carbonyl (C=O) groups excluding carboxylic acids is 1. The molecule has 152 valence electrons. The van der Waals surface area contributed by atoms with E-state index in [1.54, 1.807) is 28.9 Å². The van der Waals surface area contributed by atoms with Crippen molar-refractivity contribution < 1.29 is 9.53 Å². The summed E-state index contributed by atoms with van der Waals surface area (Å²) in [6, 6.07) is 14.5. The number of carbonyl (C=O) groups is 1. The number of nitrogens with one attached hydrogen (secondary N) is 1. The van der Waals surface area contributed by atoms with Crippen LogP contribution in [-0.4, -0.2) is 43.2 Å². The molecule has 4 rings (SSSR count). The summed E-state index contributed by atoms with van der Waals surface area (Å²) < 4.78 is 6.99. The van der Waals surface area contributed by atoms with Crippen LogP contribution < -0.4 is 10.1 Å². The number of ether oxygens (including phenoxy) is 1. The van der Waals surface area contributed by atoms with Crippen LogP contribution in [0, 0.1) is 0 Å². The van der Waals surface area contributed by atoms with E-state index in [2.05, 4.69) is 25.6 Å². The lowest BCUT2D eigenvalue weighted by atomic mass is 10.3. The van der Waals surface area contributed by atoms with E-state index in [0.29, 0.717) is 33.5 Å². The molecule has 0 unspecified atom stereocenters. The minimum atomic E-state index is -0.154. The fraction of sp³-hybridized carbons (Fsp3) is 0.150. The molecule has 0 spiro atoms. The van der Waals surface area contributed by atoms with E-state index >= 15 is 0 Å². The highest BCUT2D eigenvalue weighted by molar-refractivity contribution is 8.00. The van der Waals surface area contributed by atoms with Gasteiger partial charge in [0.05, 0.1) is 18.0 Å². The molecule has 1 N–H and O–H groups in total. The largest absolute Gasteiger partial charge is 0.494 e. The highest BCUT2D eigenvalue weighted by atomic mass is 35.5. The summed E-state index contributed by atoms with van der Waals surface area (Å²) in [4.78, 5) is 20.9. The molecular formula is C20H17ClN6O2S. The van der Waals surface area contributed by atoms with Gasteiger partial charge < -0.3 is 10.1 Å². The Morgan fingerprint density at radius 3 is 2.80 bits per heavy atom. The summed E-state index contributed by atoms with van der Waals surface area (Å²) in [7, 11) is 0. The van der Waals surface area contributed by atoms with Crippen LogP contribution >= 0.6 is 23.4 Å². The van der Waals surface area contributed by atoms with Gasteiger partial charge in [0, 0.05) is 10.7 Å². The Hall–Kier alpha value is -3.17. The predicted molar refractivity (Wildman–Crippen MR) is 116 cm³/mol. The quantitative estimate of drug-likeness (QED) is 0.343. The SMILES string of the molecule is CCOc1ccc(NC(=O)CSc2ncnc3c2nnn3-c2cccc(Cl)c2)cc1. The van der Waals surface area contributed by atoms with Crippen LogP contribution in [0.25, 0.3) is 16.9 Å². The zero-order valence-corrected chi connectivity index (χ0v) is 17.5. The molecule has 0 radical (unpaired) electrons. The molecule has 0 bridgehead atoms. The minimum Gasteiger partial charge on any atom is -0.494 e. The van der Waals surface area contributed by atoms with Crippen molar-refractivity contribution in [3.8, 4) is 11.4 Å². The maximum Gasteiger partial charge on any atom is 0.234 e. The summed E-state index contributed by atoms with van der Waals surface area (Å²) in [6.07, 6.45) is 1.43. The van der Waals surface area contributed by atoms with Crippen LogP contribution in [0.2, 0.25) is 5.02 Å². The van der Waals surface area contributed by atoms with Crippen molar-refractivity contribution in [3.63, 3.8) is 0 Å². The second-order valence-electron chi connectivity index (χ2n) is 6.13. The summed E-state index contributed by atoms with van der Waals surface area (Å²) in [5, 5.41) is 12.4. The average molecular weight is 441 g/mol. The van der Waals surface area contributed by atoms with Gasteiger partial charge in [-0.15, -0.1) is 5.10 Å². The van der Waals surface area contributed by atoms with Crippen LogP contribution in [0.3, 0.4) is 0 Å². The number of amides is 1. The monoisotopic (exact) mass is 440 g/mol. The molecule has 8 nitrogen and oxygen atoms in total. The maximum atomic E-state index is 12.3. The Balaban J connectivity index is 1.46. The molecule has 0 saturated carbocycles. The summed E-state index contributed by atoms with van der Waals surface area (Å²) in [5.41, 5.74) is 2.51. The first-order valence-electron chi connectivity index (χ1n) is 9.12. The zero-order valence-electron chi connectivity index (χ0n) is 15.9. The molecule has 1 amide bonds. The first kappa shape index (κ1) is 20.1. The highest BCUT2D eigenvalue weighted by Crippen LogP contribution is 2.25. The van der Waals surface area contributed by atoms with Gasteiger partial charge in [-0.3, -0.25) is 4.79 Å². The first-order chi connectivity index (χ1) is 14.6. The number of nitrogens with zero attached hydrogens (tertiary/aromatic N) is 5. The van der Waals surface area contributed by atoms with Crippen molar-refractivity contribution in [1.82, 2.24) is 25.0 Å². The molecule has 0 fully saturated rings. The van der Waals surface area contributed by atoms with E-state index in [0.717, 1.165) is 11.4 Å². The van der Waals surface area contributed by atoms with Crippen molar-refractivity contribution in [2.24, 2.45) is 0 Å². The molecule has 2 aromatic heterocycles. The second-order valence-corrected chi connectivity index (χ2v) is 7.53. The van der Waals surface area contributed by atoms with Crippen LogP contribution in [0.4, 0.5) is 5.69 Å². The zero-order chi connectivity index (χ0) is 20.9. The fourth-order valence-corrected chi connectivity index (χ4v) is 3.66. The third-order valence-electron chi connectivity index (χ3n) is 4.05. The number of fused-ring (bicyclic) bond motifs is 1. The van der Waals surface area contributed by atoms with Gasteiger partial charge in [0.2, 0.25) is 5.91 Å². The smallest absolute Gasteiger partial charge is 0.234 e.